The second kappa shape index (κ2) is 49.5. The summed E-state index contributed by atoms with van der Waals surface area (Å²) in [6.45, 7) is 6.44. The average Bonchev–Trinajstić information content (AvgIpc) is 3.26. The number of hydrogen-bond donors (Lipinski definition) is 0. The first-order chi connectivity index (χ1) is 30.0. The molecule has 0 heterocycles. The van der Waals surface area contributed by atoms with E-state index in [0.717, 1.165) is 83.5 Å². The Hall–Kier alpha value is -3.15. The summed E-state index contributed by atoms with van der Waals surface area (Å²) >= 11 is 0. The van der Waals surface area contributed by atoms with Gasteiger partial charge in [-0.1, -0.05) is 229 Å². The third kappa shape index (κ3) is 47.7. The van der Waals surface area contributed by atoms with Crippen molar-refractivity contribution in [2.24, 2.45) is 0 Å². The molecule has 61 heavy (non-hydrogen) atoms. The van der Waals surface area contributed by atoms with E-state index < -0.39 is 6.10 Å². The predicted molar refractivity (Wildman–Crippen MR) is 261 cm³/mol. The number of hydrogen-bond acceptors (Lipinski definition) is 6. The van der Waals surface area contributed by atoms with E-state index in [9.17, 15) is 14.4 Å². The van der Waals surface area contributed by atoms with Gasteiger partial charge in [-0.15, -0.1) is 0 Å². The number of rotatable bonds is 45. The summed E-state index contributed by atoms with van der Waals surface area (Å²) in [6.07, 6.45) is 61.7. The third-order valence-electron chi connectivity index (χ3n) is 10.8. The smallest absolute Gasteiger partial charge is 0.306 e. The maximum Gasteiger partial charge on any atom is 0.306 e. The fourth-order valence-electron chi connectivity index (χ4n) is 6.99. The summed E-state index contributed by atoms with van der Waals surface area (Å²) in [5.41, 5.74) is 0. The summed E-state index contributed by atoms with van der Waals surface area (Å²) in [5, 5.41) is 0. The molecule has 0 fully saturated rings. The monoisotopic (exact) mass is 851 g/mol. The van der Waals surface area contributed by atoms with Gasteiger partial charge >= 0.3 is 17.9 Å². The van der Waals surface area contributed by atoms with Gasteiger partial charge in [0.1, 0.15) is 13.2 Å². The first-order valence-corrected chi connectivity index (χ1v) is 25.5. The van der Waals surface area contributed by atoms with Gasteiger partial charge < -0.3 is 14.2 Å². The minimum Gasteiger partial charge on any atom is -0.462 e. The number of carbonyl (C=O) groups excluding carboxylic acids is 3. The molecule has 0 aliphatic heterocycles. The SMILES string of the molecule is CC\C=C/C=C\C=C/C=C\C=C/CCCCCC(=O)OCC(COC(=O)CCCCCCCCCCCCCCCC)OC(=O)CCCCC/C=C\CCCCCCCCC. The lowest BCUT2D eigenvalue weighted by Gasteiger charge is -2.18. The van der Waals surface area contributed by atoms with Crippen LogP contribution >= 0.6 is 0 Å². The van der Waals surface area contributed by atoms with Gasteiger partial charge in [-0.25, -0.2) is 0 Å². The van der Waals surface area contributed by atoms with Crippen molar-refractivity contribution in [3.05, 3.63) is 72.9 Å². The highest BCUT2D eigenvalue weighted by molar-refractivity contribution is 5.71. The first-order valence-electron chi connectivity index (χ1n) is 25.5. The van der Waals surface area contributed by atoms with Gasteiger partial charge in [0.25, 0.3) is 0 Å². The van der Waals surface area contributed by atoms with Crippen LogP contribution in [0.15, 0.2) is 72.9 Å². The minimum atomic E-state index is -0.798. The Bertz CT molecular complexity index is 1160. The van der Waals surface area contributed by atoms with Crippen LogP contribution in [0.1, 0.15) is 239 Å². The predicted octanol–water partition coefficient (Wildman–Crippen LogP) is 16.6. The molecule has 0 bridgehead atoms. The van der Waals surface area contributed by atoms with Crippen LogP contribution in [0.4, 0.5) is 0 Å². The van der Waals surface area contributed by atoms with Crippen LogP contribution in [-0.2, 0) is 28.6 Å². The Morgan fingerprint density at radius 3 is 1.07 bits per heavy atom. The van der Waals surface area contributed by atoms with Gasteiger partial charge in [-0.3, -0.25) is 14.4 Å². The van der Waals surface area contributed by atoms with Crippen LogP contribution in [0.3, 0.4) is 0 Å². The molecule has 0 aliphatic carbocycles. The highest BCUT2D eigenvalue weighted by Gasteiger charge is 2.19. The van der Waals surface area contributed by atoms with Gasteiger partial charge in [0, 0.05) is 19.3 Å². The largest absolute Gasteiger partial charge is 0.462 e. The zero-order valence-corrected chi connectivity index (χ0v) is 39.9. The van der Waals surface area contributed by atoms with Crippen molar-refractivity contribution in [1.82, 2.24) is 0 Å². The Morgan fingerprint density at radius 2 is 0.656 bits per heavy atom. The van der Waals surface area contributed by atoms with Crippen molar-refractivity contribution in [2.45, 2.75) is 245 Å². The molecule has 1 unspecified atom stereocenters. The van der Waals surface area contributed by atoms with E-state index >= 15 is 0 Å². The lowest BCUT2D eigenvalue weighted by atomic mass is 10.0. The average molecular weight is 851 g/mol. The van der Waals surface area contributed by atoms with Crippen LogP contribution in [0.2, 0.25) is 0 Å². The van der Waals surface area contributed by atoms with Crippen molar-refractivity contribution >= 4 is 17.9 Å². The van der Waals surface area contributed by atoms with Crippen LogP contribution in [-0.4, -0.2) is 37.2 Å². The van der Waals surface area contributed by atoms with Crippen molar-refractivity contribution in [3.8, 4) is 0 Å². The number of ether oxygens (including phenoxy) is 3. The van der Waals surface area contributed by atoms with Crippen molar-refractivity contribution < 1.29 is 28.6 Å². The zero-order chi connectivity index (χ0) is 44.4. The van der Waals surface area contributed by atoms with E-state index in [-0.39, 0.29) is 31.1 Å². The van der Waals surface area contributed by atoms with E-state index in [4.69, 9.17) is 14.2 Å². The lowest BCUT2D eigenvalue weighted by molar-refractivity contribution is -0.167. The van der Waals surface area contributed by atoms with E-state index in [0.29, 0.717) is 19.3 Å². The van der Waals surface area contributed by atoms with E-state index in [1.807, 2.05) is 48.6 Å². The third-order valence-corrected chi connectivity index (χ3v) is 10.8. The van der Waals surface area contributed by atoms with E-state index in [1.165, 1.54) is 116 Å². The molecule has 350 valence electrons. The number of allylic oxidation sites excluding steroid dienone is 12. The molecule has 0 aromatic heterocycles. The minimum absolute atomic E-state index is 0.0937. The normalized spacial score (nSPS) is 12.6. The first kappa shape index (κ1) is 57.9. The number of esters is 3. The molecule has 6 nitrogen and oxygen atoms in total. The van der Waals surface area contributed by atoms with Gasteiger partial charge in [0.15, 0.2) is 6.10 Å². The zero-order valence-electron chi connectivity index (χ0n) is 39.9. The summed E-state index contributed by atoms with van der Waals surface area (Å²) in [5.74, 6) is -0.951. The molecule has 0 saturated carbocycles. The summed E-state index contributed by atoms with van der Waals surface area (Å²) in [4.78, 5) is 37.9. The molecule has 0 radical (unpaired) electrons. The summed E-state index contributed by atoms with van der Waals surface area (Å²) in [7, 11) is 0. The van der Waals surface area contributed by atoms with Crippen molar-refractivity contribution in [3.63, 3.8) is 0 Å². The van der Waals surface area contributed by atoms with Gasteiger partial charge in [-0.2, -0.15) is 0 Å². The molecule has 0 aromatic carbocycles. The van der Waals surface area contributed by atoms with Crippen LogP contribution in [0.25, 0.3) is 0 Å². The molecule has 0 aliphatic rings. The fourth-order valence-corrected chi connectivity index (χ4v) is 6.99. The molecule has 0 amide bonds. The maximum absolute atomic E-state index is 12.8. The summed E-state index contributed by atoms with van der Waals surface area (Å²) in [6, 6.07) is 0. The Morgan fingerprint density at radius 1 is 0.344 bits per heavy atom. The van der Waals surface area contributed by atoms with Crippen molar-refractivity contribution in [1.29, 1.82) is 0 Å². The van der Waals surface area contributed by atoms with Crippen LogP contribution in [0, 0.1) is 0 Å². The molecular formula is C55H94O6. The molecular weight excluding hydrogens is 757 g/mol. The van der Waals surface area contributed by atoms with Crippen molar-refractivity contribution in [2.75, 3.05) is 13.2 Å². The lowest BCUT2D eigenvalue weighted by Crippen LogP contribution is -2.30. The topological polar surface area (TPSA) is 78.9 Å². The maximum atomic E-state index is 12.8. The second-order valence-corrected chi connectivity index (χ2v) is 16.8. The Labute approximate surface area is 376 Å². The number of unbranched alkanes of at least 4 members (excludes halogenated alkanes) is 26. The molecule has 6 heteroatoms. The van der Waals surface area contributed by atoms with Gasteiger partial charge in [-0.05, 0) is 64.2 Å². The quantitative estimate of drug-likeness (QED) is 0.0200. The fraction of sp³-hybridized carbons (Fsp3) is 0.727. The van der Waals surface area contributed by atoms with E-state index in [1.54, 1.807) is 0 Å². The second-order valence-electron chi connectivity index (χ2n) is 16.8. The molecule has 0 N–H and O–H groups in total. The number of carbonyl (C=O) groups is 3. The molecule has 0 saturated heterocycles. The highest BCUT2D eigenvalue weighted by atomic mass is 16.6. The Kier molecular flexibility index (Phi) is 46.9. The van der Waals surface area contributed by atoms with E-state index in [2.05, 4.69) is 45.1 Å². The van der Waals surface area contributed by atoms with Gasteiger partial charge in [0.2, 0.25) is 0 Å². The molecule has 0 aromatic rings. The molecule has 1 atom stereocenters. The molecule has 0 rings (SSSR count). The standard InChI is InChI=1S/C55H94O6/c1-4-7-10-13-16-19-22-25-28-31-33-36-39-42-45-48-54(57)60-51-52(61-55(58)49-46-43-40-37-34-30-27-24-21-18-15-12-9-6-3)50-59-53(56)47-44-41-38-35-32-29-26-23-20-17-14-11-8-5-2/h7,10,13,16,19,22,25,28,30-31,33-34,52H,4-6,8-9,11-12,14-15,17-18,20-21,23-24,26-27,29,32,35-51H2,1-3H3/b10-7-,16-13-,22-19-,28-25-,33-31-,34-30-. The molecule has 0 spiro atoms. The van der Waals surface area contributed by atoms with Crippen LogP contribution < -0.4 is 0 Å². The van der Waals surface area contributed by atoms with Crippen LogP contribution in [0.5, 0.6) is 0 Å². The van der Waals surface area contributed by atoms with Gasteiger partial charge in [0.05, 0.1) is 0 Å². The Balaban J connectivity index is 4.47. The summed E-state index contributed by atoms with van der Waals surface area (Å²) < 4.78 is 16.7. The highest BCUT2D eigenvalue weighted by Crippen LogP contribution is 2.15.